The molecule has 0 aromatic heterocycles. The van der Waals surface area contributed by atoms with Gasteiger partial charge in [0.15, 0.2) is 0 Å². The standard InChI is InChI=1S/C7H19N3/c8-4-1-2-6-10-7-3-5-9/h10H,1-9H2/p+3. The third kappa shape index (κ3) is 7.88. The molecule has 0 bridgehead atoms. The number of nitrogens with two attached hydrogens (primary N) is 1. The second-order valence-electron chi connectivity index (χ2n) is 2.63. The summed E-state index contributed by atoms with van der Waals surface area (Å²) < 4.78 is 0. The Morgan fingerprint density at radius 2 is 1.40 bits per heavy atom. The van der Waals surface area contributed by atoms with Gasteiger partial charge in [-0.3, -0.25) is 0 Å². The van der Waals surface area contributed by atoms with Crippen molar-refractivity contribution in [3.05, 3.63) is 0 Å². The normalized spacial score (nSPS) is 10.2. The molecule has 0 aromatic carbocycles. The van der Waals surface area contributed by atoms with Gasteiger partial charge in [-0.1, -0.05) is 0 Å². The van der Waals surface area contributed by atoms with E-state index in [2.05, 4.69) is 16.8 Å². The summed E-state index contributed by atoms with van der Waals surface area (Å²) in [5, 5.41) is 2.38. The highest BCUT2D eigenvalue weighted by Crippen LogP contribution is 1.76. The van der Waals surface area contributed by atoms with E-state index in [-0.39, 0.29) is 0 Å². The Bertz CT molecular complexity index is 48.8. The van der Waals surface area contributed by atoms with Crippen LogP contribution in [0.25, 0.3) is 0 Å². The summed E-state index contributed by atoms with van der Waals surface area (Å²) in [6, 6.07) is 0. The molecule has 0 radical (unpaired) electrons. The largest absolute Gasteiger partial charge is 0.358 e. The first-order valence-electron chi connectivity index (χ1n) is 4.32. The van der Waals surface area contributed by atoms with Crippen molar-refractivity contribution in [3.63, 3.8) is 0 Å². The van der Waals surface area contributed by atoms with E-state index in [1.165, 1.54) is 32.4 Å². The number of unbranched alkanes of at least 4 members (excludes halogenated alkanes) is 1. The lowest BCUT2D eigenvalue weighted by Crippen LogP contribution is -2.85. The first-order valence-corrected chi connectivity index (χ1v) is 4.32. The summed E-state index contributed by atoms with van der Waals surface area (Å²) in [5.74, 6) is 0. The molecule has 0 spiro atoms. The van der Waals surface area contributed by atoms with Gasteiger partial charge in [-0.25, -0.2) is 0 Å². The topological polar surface area (TPSA) is 71.9 Å². The molecule has 0 rings (SSSR count). The summed E-state index contributed by atoms with van der Waals surface area (Å²) in [6.07, 6.45) is 3.85. The van der Waals surface area contributed by atoms with Crippen LogP contribution in [0.2, 0.25) is 0 Å². The highest BCUT2D eigenvalue weighted by atomic mass is 14.8. The zero-order valence-corrected chi connectivity index (χ0v) is 6.94. The maximum atomic E-state index is 3.80. The third-order valence-corrected chi connectivity index (χ3v) is 1.57. The Labute approximate surface area is 63.2 Å². The molecule has 62 valence electrons. The predicted molar refractivity (Wildman–Crippen MR) is 41.0 cm³/mol. The van der Waals surface area contributed by atoms with Crippen LogP contribution in [0.3, 0.4) is 0 Å². The number of rotatable bonds is 7. The van der Waals surface area contributed by atoms with Crippen LogP contribution < -0.4 is 16.8 Å². The second-order valence-corrected chi connectivity index (χ2v) is 2.63. The van der Waals surface area contributed by atoms with Gasteiger partial charge in [0.25, 0.3) is 0 Å². The summed E-state index contributed by atoms with van der Waals surface area (Å²) in [4.78, 5) is 0. The second kappa shape index (κ2) is 8.88. The Morgan fingerprint density at radius 3 is 2.00 bits per heavy atom. The van der Waals surface area contributed by atoms with Crippen LogP contribution in [0.5, 0.6) is 0 Å². The van der Waals surface area contributed by atoms with E-state index in [1.54, 1.807) is 0 Å². The summed E-state index contributed by atoms with van der Waals surface area (Å²) >= 11 is 0. The quantitative estimate of drug-likeness (QED) is 0.327. The monoisotopic (exact) mass is 148 g/mol. The molecule has 0 aliphatic carbocycles. The van der Waals surface area contributed by atoms with Gasteiger partial charge in [-0.2, -0.15) is 0 Å². The van der Waals surface area contributed by atoms with Crippen molar-refractivity contribution in [3.8, 4) is 0 Å². The Hall–Kier alpha value is -0.120. The highest BCUT2D eigenvalue weighted by Gasteiger charge is 1.90. The molecule has 0 heterocycles. The van der Waals surface area contributed by atoms with Crippen molar-refractivity contribution >= 4 is 0 Å². The van der Waals surface area contributed by atoms with Gasteiger partial charge < -0.3 is 16.8 Å². The summed E-state index contributed by atoms with van der Waals surface area (Å²) in [6.45, 7) is 4.69. The Morgan fingerprint density at radius 1 is 0.800 bits per heavy atom. The molecule has 0 aromatic rings. The van der Waals surface area contributed by atoms with Crippen LogP contribution in [-0.4, -0.2) is 26.2 Å². The lowest BCUT2D eigenvalue weighted by Gasteiger charge is -1.96. The van der Waals surface area contributed by atoms with Gasteiger partial charge in [-0.15, -0.1) is 0 Å². The molecule has 10 heavy (non-hydrogen) atoms. The van der Waals surface area contributed by atoms with E-state index in [1.807, 2.05) is 0 Å². The molecule has 3 heteroatoms. The van der Waals surface area contributed by atoms with Crippen LogP contribution in [0.1, 0.15) is 19.3 Å². The maximum Gasteiger partial charge on any atom is 0.0809 e. The molecule has 0 saturated heterocycles. The first-order chi connectivity index (χ1) is 4.91. The van der Waals surface area contributed by atoms with Crippen molar-refractivity contribution in [1.82, 2.24) is 0 Å². The molecule has 0 unspecified atom stereocenters. The van der Waals surface area contributed by atoms with Crippen molar-refractivity contribution < 1.29 is 16.8 Å². The van der Waals surface area contributed by atoms with Crippen molar-refractivity contribution in [2.45, 2.75) is 19.3 Å². The van der Waals surface area contributed by atoms with Crippen LogP contribution >= 0.6 is 0 Å². The Kier molecular flexibility index (Phi) is 8.77. The number of quaternary nitrogens is 3. The highest BCUT2D eigenvalue weighted by molar-refractivity contribution is 4.31. The van der Waals surface area contributed by atoms with Gasteiger partial charge in [0.1, 0.15) is 0 Å². The summed E-state index contributed by atoms with van der Waals surface area (Å²) in [5.41, 5.74) is 7.59. The number of hydrogen-bond donors (Lipinski definition) is 3. The molecular weight excluding hydrogens is 126 g/mol. The maximum absolute atomic E-state index is 3.80. The van der Waals surface area contributed by atoms with Gasteiger partial charge >= 0.3 is 0 Å². The molecular formula is C7H22N3+3. The van der Waals surface area contributed by atoms with E-state index >= 15 is 0 Å². The molecule has 0 aliphatic rings. The first kappa shape index (κ1) is 9.88. The lowest BCUT2D eigenvalue weighted by atomic mass is 10.3. The lowest BCUT2D eigenvalue weighted by molar-refractivity contribution is -0.657. The summed E-state index contributed by atoms with van der Waals surface area (Å²) in [7, 11) is 0. The minimum Gasteiger partial charge on any atom is -0.358 e. The van der Waals surface area contributed by atoms with E-state index in [4.69, 9.17) is 0 Å². The van der Waals surface area contributed by atoms with Crippen LogP contribution in [-0.2, 0) is 0 Å². The molecule has 3 nitrogen and oxygen atoms in total. The predicted octanol–water partition coefficient (Wildman–Crippen LogP) is -2.80. The van der Waals surface area contributed by atoms with Crippen LogP contribution in [0.15, 0.2) is 0 Å². The average molecular weight is 148 g/mol. The number of hydrogen-bond acceptors (Lipinski definition) is 0. The van der Waals surface area contributed by atoms with Crippen molar-refractivity contribution in [2.24, 2.45) is 0 Å². The smallest absolute Gasteiger partial charge is 0.0809 e. The zero-order chi connectivity index (χ0) is 7.66. The zero-order valence-electron chi connectivity index (χ0n) is 6.94. The van der Waals surface area contributed by atoms with E-state index < -0.39 is 0 Å². The fraction of sp³-hybridized carbons (Fsp3) is 1.00. The van der Waals surface area contributed by atoms with E-state index in [0.717, 1.165) is 13.1 Å². The van der Waals surface area contributed by atoms with E-state index in [0.29, 0.717) is 0 Å². The minimum absolute atomic E-state index is 1.08. The van der Waals surface area contributed by atoms with Crippen molar-refractivity contribution in [2.75, 3.05) is 26.2 Å². The van der Waals surface area contributed by atoms with Gasteiger partial charge in [-0.05, 0) is 0 Å². The third-order valence-electron chi connectivity index (χ3n) is 1.57. The molecule has 0 aliphatic heterocycles. The fourth-order valence-electron chi connectivity index (χ4n) is 0.898. The molecule has 0 amide bonds. The average Bonchev–Trinajstić information content (AvgIpc) is 1.97. The fourth-order valence-corrected chi connectivity index (χ4v) is 0.898. The van der Waals surface area contributed by atoms with Crippen LogP contribution in [0, 0.1) is 0 Å². The van der Waals surface area contributed by atoms with E-state index in [9.17, 15) is 0 Å². The van der Waals surface area contributed by atoms with Crippen LogP contribution in [0.4, 0.5) is 0 Å². The molecule has 8 N–H and O–H groups in total. The van der Waals surface area contributed by atoms with Gasteiger partial charge in [0, 0.05) is 19.3 Å². The molecule has 0 atom stereocenters. The SMILES string of the molecule is [NH3+]CCCC[NH2+]CCC[NH3+]. The van der Waals surface area contributed by atoms with Crippen molar-refractivity contribution in [1.29, 1.82) is 0 Å². The van der Waals surface area contributed by atoms with Gasteiger partial charge in [0.2, 0.25) is 0 Å². The minimum atomic E-state index is 1.08. The molecule has 0 saturated carbocycles. The molecule has 0 fully saturated rings. The van der Waals surface area contributed by atoms with Gasteiger partial charge in [0.05, 0.1) is 26.2 Å². The Balaban J connectivity index is 2.65.